The summed E-state index contributed by atoms with van der Waals surface area (Å²) in [7, 11) is 0. The molecule has 0 spiro atoms. The number of nitrogens with two attached hydrogens (primary N) is 1. The molecule has 0 atom stereocenters. The second-order valence-electron chi connectivity index (χ2n) is 3.79. The molecule has 2 aromatic heterocycles. The van der Waals surface area contributed by atoms with Gasteiger partial charge in [-0.15, -0.1) is 24.0 Å². The van der Waals surface area contributed by atoms with Crippen LogP contribution in [0.4, 0.5) is 5.82 Å². The van der Waals surface area contributed by atoms with E-state index in [-0.39, 0.29) is 24.0 Å². The maximum atomic E-state index is 5.73. The first kappa shape index (κ1) is 15.4. The fourth-order valence-corrected chi connectivity index (χ4v) is 1.43. The van der Waals surface area contributed by atoms with E-state index in [1.54, 1.807) is 6.20 Å². The van der Waals surface area contributed by atoms with Crippen molar-refractivity contribution in [2.24, 2.45) is 10.7 Å². The molecule has 0 aliphatic carbocycles. The van der Waals surface area contributed by atoms with Crippen molar-refractivity contribution in [3.63, 3.8) is 0 Å². The molecular weight excluding hydrogens is 357 g/mol. The molecule has 2 aromatic rings. The van der Waals surface area contributed by atoms with E-state index in [1.807, 2.05) is 31.2 Å². The Morgan fingerprint density at radius 3 is 2.95 bits per heavy atom. The number of nitrogens with zero attached hydrogens (tertiary/aromatic N) is 3. The number of hydrogen-bond donors (Lipinski definition) is 2. The van der Waals surface area contributed by atoms with Crippen molar-refractivity contribution in [2.75, 3.05) is 11.9 Å². The number of pyridine rings is 1. The highest BCUT2D eigenvalue weighted by molar-refractivity contribution is 14.0. The number of rotatable bonds is 4. The zero-order chi connectivity index (χ0) is 12.8. The number of hydrogen-bond acceptors (Lipinski definition) is 4. The van der Waals surface area contributed by atoms with Crippen molar-refractivity contribution in [1.82, 2.24) is 10.1 Å². The van der Waals surface area contributed by atoms with Crippen LogP contribution < -0.4 is 11.1 Å². The summed E-state index contributed by atoms with van der Waals surface area (Å²) in [6.07, 6.45) is 2.36. The Kier molecular flexibility index (Phi) is 6.26. The molecule has 6 nitrogen and oxygen atoms in total. The van der Waals surface area contributed by atoms with Crippen LogP contribution in [0.3, 0.4) is 0 Å². The number of aromatic nitrogens is 2. The molecule has 3 N–H and O–H groups in total. The van der Waals surface area contributed by atoms with Crippen LogP contribution in [-0.4, -0.2) is 22.6 Å². The van der Waals surface area contributed by atoms with Crippen LogP contribution in [0.5, 0.6) is 0 Å². The number of guanidine groups is 1. The third-order valence-electron chi connectivity index (χ3n) is 2.24. The normalized spacial score (nSPS) is 10.9. The van der Waals surface area contributed by atoms with Crippen molar-refractivity contribution >= 4 is 35.8 Å². The second kappa shape index (κ2) is 7.72. The summed E-state index contributed by atoms with van der Waals surface area (Å²) in [5.41, 5.74) is 6.60. The predicted octanol–water partition coefficient (Wildman–Crippen LogP) is 1.97. The summed E-state index contributed by atoms with van der Waals surface area (Å²) in [5, 5.41) is 6.71. The van der Waals surface area contributed by atoms with E-state index in [0.29, 0.717) is 24.7 Å². The van der Waals surface area contributed by atoms with Gasteiger partial charge in [0.05, 0.1) is 5.69 Å². The molecule has 0 bridgehead atoms. The third kappa shape index (κ3) is 5.25. The minimum absolute atomic E-state index is 0. The maximum absolute atomic E-state index is 5.73. The van der Waals surface area contributed by atoms with Gasteiger partial charge in [0.25, 0.3) is 0 Å². The van der Waals surface area contributed by atoms with Gasteiger partial charge in [-0.1, -0.05) is 11.2 Å². The first-order valence-corrected chi connectivity index (χ1v) is 5.64. The van der Waals surface area contributed by atoms with Crippen LogP contribution in [0.1, 0.15) is 11.5 Å². The Hall–Kier alpha value is -1.64. The fraction of sp³-hybridized carbons (Fsp3) is 0.250. The Morgan fingerprint density at radius 1 is 1.47 bits per heavy atom. The van der Waals surface area contributed by atoms with Crippen LogP contribution in [-0.2, 0) is 6.42 Å². The lowest BCUT2D eigenvalue weighted by Crippen LogP contribution is -2.23. The van der Waals surface area contributed by atoms with E-state index in [0.717, 1.165) is 11.5 Å². The van der Waals surface area contributed by atoms with E-state index in [4.69, 9.17) is 10.3 Å². The first-order chi connectivity index (χ1) is 8.74. The topological polar surface area (TPSA) is 89.3 Å². The molecular formula is C12H16IN5O. The molecule has 2 rings (SSSR count). The van der Waals surface area contributed by atoms with Crippen LogP contribution in [0.25, 0.3) is 0 Å². The van der Waals surface area contributed by atoms with Gasteiger partial charge in [-0.3, -0.25) is 4.99 Å². The first-order valence-electron chi connectivity index (χ1n) is 5.64. The van der Waals surface area contributed by atoms with Crippen LogP contribution in [0, 0.1) is 6.92 Å². The minimum Gasteiger partial charge on any atom is -0.370 e. The monoisotopic (exact) mass is 373 g/mol. The average Bonchev–Trinajstić information content (AvgIpc) is 2.76. The largest absolute Gasteiger partial charge is 0.370 e. The van der Waals surface area contributed by atoms with E-state index >= 15 is 0 Å². The second-order valence-corrected chi connectivity index (χ2v) is 3.79. The van der Waals surface area contributed by atoms with Gasteiger partial charge < -0.3 is 15.6 Å². The number of aryl methyl sites for hydroxylation is 1. The lowest BCUT2D eigenvalue weighted by molar-refractivity contribution is 0.381. The molecule has 0 aliphatic rings. The predicted molar refractivity (Wildman–Crippen MR) is 84.7 cm³/mol. The molecule has 0 saturated heterocycles. The fourth-order valence-electron chi connectivity index (χ4n) is 1.43. The highest BCUT2D eigenvalue weighted by atomic mass is 127. The maximum Gasteiger partial charge on any atom is 0.194 e. The Labute approximate surface area is 128 Å². The van der Waals surface area contributed by atoms with Gasteiger partial charge in [0.2, 0.25) is 0 Å². The molecule has 0 aliphatic heterocycles. The van der Waals surface area contributed by atoms with Gasteiger partial charge in [0, 0.05) is 25.2 Å². The number of aliphatic imine (C=N–C) groups is 1. The molecule has 2 heterocycles. The molecule has 7 heteroatoms. The van der Waals surface area contributed by atoms with Gasteiger partial charge in [-0.2, -0.15) is 0 Å². The SMILES string of the molecule is Cc1cc(CCN=C(N)Nc2ccccn2)on1.I. The lowest BCUT2D eigenvalue weighted by Gasteiger charge is -2.03. The molecule has 102 valence electrons. The molecule has 0 radical (unpaired) electrons. The van der Waals surface area contributed by atoms with Crippen molar-refractivity contribution in [2.45, 2.75) is 13.3 Å². The Balaban J connectivity index is 0.00000180. The van der Waals surface area contributed by atoms with Gasteiger partial charge >= 0.3 is 0 Å². The van der Waals surface area contributed by atoms with Crippen molar-refractivity contribution in [1.29, 1.82) is 0 Å². The summed E-state index contributed by atoms with van der Waals surface area (Å²) < 4.78 is 5.07. The van der Waals surface area contributed by atoms with E-state index in [9.17, 15) is 0 Å². The lowest BCUT2D eigenvalue weighted by atomic mass is 10.3. The molecule has 0 amide bonds. The van der Waals surface area contributed by atoms with Crippen molar-refractivity contribution < 1.29 is 4.52 Å². The molecule has 19 heavy (non-hydrogen) atoms. The molecule has 0 fully saturated rings. The van der Waals surface area contributed by atoms with E-state index < -0.39 is 0 Å². The Bertz CT molecular complexity index is 526. The quantitative estimate of drug-likeness (QED) is 0.486. The van der Waals surface area contributed by atoms with Crippen LogP contribution >= 0.6 is 24.0 Å². The van der Waals surface area contributed by atoms with E-state index in [2.05, 4.69) is 20.4 Å². The third-order valence-corrected chi connectivity index (χ3v) is 2.24. The zero-order valence-electron chi connectivity index (χ0n) is 10.5. The van der Waals surface area contributed by atoms with Gasteiger partial charge in [-0.05, 0) is 19.1 Å². The Morgan fingerprint density at radius 2 is 2.32 bits per heavy atom. The number of halogens is 1. The van der Waals surface area contributed by atoms with Crippen LogP contribution in [0.2, 0.25) is 0 Å². The van der Waals surface area contributed by atoms with Gasteiger partial charge in [0.1, 0.15) is 11.6 Å². The van der Waals surface area contributed by atoms with Crippen molar-refractivity contribution in [3.05, 3.63) is 41.9 Å². The molecule has 0 unspecified atom stereocenters. The summed E-state index contributed by atoms with van der Waals surface area (Å²) in [6, 6.07) is 7.42. The highest BCUT2D eigenvalue weighted by Gasteiger charge is 2.00. The van der Waals surface area contributed by atoms with Gasteiger partial charge in [-0.25, -0.2) is 4.98 Å². The molecule has 0 aromatic carbocycles. The van der Waals surface area contributed by atoms with Gasteiger partial charge in [0.15, 0.2) is 5.96 Å². The zero-order valence-corrected chi connectivity index (χ0v) is 12.9. The highest BCUT2D eigenvalue weighted by Crippen LogP contribution is 2.03. The minimum atomic E-state index is 0. The van der Waals surface area contributed by atoms with Crippen LogP contribution in [0.15, 0.2) is 40.0 Å². The van der Waals surface area contributed by atoms with Crippen molar-refractivity contribution in [3.8, 4) is 0 Å². The summed E-state index contributed by atoms with van der Waals surface area (Å²) in [6.45, 7) is 2.42. The summed E-state index contributed by atoms with van der Waals surface area (Å²) >= 11 is 0. The van der Waals surface area contributed by atoms with E-state index in [1.165, 1.54) is 0 Å². The standard InChI is InChI=1S/C12H15N5O.HI/c1-9-8-10(18-17-9)5-7-15-12(13)16-11-4-2-3-6-14-11;/h2-4,6,8H,5,7H2,1H3,(H3,13,14,15,16);1H. The summed E-state index contributed by atoms with van der Waals surface area (Å²) in [4.78, 5) is 8.27. The average molecular weight is 373 g/mol. The molecule has 0 saturated carbocycles. The summed E-state index contributed by atoms with van der Waals surface area (Å²) in [5.74, 6) is 1.82. The number of anilines is 1. The number of nitrogens with one attached hydrogen (secondary N) is 1. The smallest absolute Gasteiger partial charge is 0.194 e.